The number of allylic oxidation sites excluding steroid dienone is 2. The van der Waals surface area contributed by atoms with Crippen LogP contribution >= 0.6 is 0 Å². The maximum absolute atomic E-state index is 8.91. The summed E-state index contributed by atoms with van der Waals surface area (Å²) >= 11 is 0. The third-order valence-corrected chi connectivity index (χ3v) is 4.14. The molecule has 124 valence electrons. The molecule has 1 fully saturated rings. The number of nitrogens with zero attached hydrogens (tertiary/aromatic N) is 3. The van der Waals surface area contributed by atoms with Crippen LogP contribution < -0.4 is 4.90 Å². The largest absolute Gasteiger partial charge is 0.392 e. The molecule has 0 radical (unpaired) electrons. The van der Waals surface area contributed by atoms with E-state index in [1.807, 2.05) is 18.3 Å². The molecule has 2 heterocycles. The van der Waals surface area contributed by atoms with Crippen molar-refractivity contribution in [1.82, 2.24) is 9.88 Å². The maximum atomic E-state index is 8.91. The summed E-state index contributed by atoms with van der Waals surface area (Å²) in [6.07, 6.45) is 7.43. The molecule has 0 aliphatic carbocycles. The monoisotopic (exact) mass is 313 g/mol. The molecule has 23 heavy (non-hydrogen) atoms. The van der Waals surface area contributed by atoms with Gasteiger partial charge in [0.1, 0.15) is 0 Å². The van der Waals surface area contributed by atoms with Crippen LogP contribution in [0.5, 0.6) is 0 Å². The van der Waals surface area contributed by atoms with E-state index >= 15 is 0 Å². The van der Waals surface area contributed by atoms with Gasteiger partial charge < -0.3 is 14.9 Å². The minimum Gasteiger partial charge on any atom is -0.392 e. The van der Waals surface area contributed by atoms with E-state index in [1.54, 1.807) is 0 Å². The van der Waals surface area contributed by atoms with Crippen LogP contribution in [0.25, 0.3) is 0 Å². The second kappa shape index (κ2) is 8.65. The number of piperazine rings is 1. The molecule has 0 unspecified atom stereocenters. The minimum absolute atomic E-state index is 0.0148. The van der Waals surface area contributed by atoms with Gasteiger partial charge in [-0.25, -0.2) is 0 Å². The van der Waals surface area contributed by atoms with Crippen LogP contribution in [-0.2, 0) is 6.42 Å². The Labute approximate surface area is 139 Å². The molecule has 0 saturated carbocycles. The third kappa shape index (κ3) is 5.66. The molecular weight excluding hydrogens is 286 g/mol. The van der Waals surface area contributed by atoms with E-state index < -0.39 is 0 Å². The summed E-state index contributed by atoms with van der Waals surface area (Å²) in [6.45, 7) is 12.1. The van der Waals surface area contributed by atoms with Crippen LogP contribution in [0.1, 0.15) is 12.1 Å². The zero-order valence-electron chi connectivity index (χ0n) is 14.0. The van der Waals surface area contributed by atoms with Crippen molar-refractivity contribution in [2.24, 2.45) is 0 Å². The number of aryl methyl sites for hydroxylation is 1. The van der Waals surface area contributed by atoms with E-state index in [2.05, 4.69) is 47.1 Å². The van der Waals surface area contributed by atoms with Crippen molar-refractivity contribution in [2.75, 3.05) is 44.7 Å². The van der Waals surface area contributed by atoms with Gasteiger partial charge in [0.25, 0.3) is 0 Å². The first-order chi connectivity index (χ1) is 11.1. The van der Waals surface area contributed by atoms with Gasteiger partial charge >= 0.3 is 0 Å². The van der Waals surface area contributed by atoms with Crippen LogP contribution in [0.4, 0.5) is 5.69 Å². The topological polar surface area (TPSA) is 39.6 Å². The standard InChI is InChI=1S/C19H27N3O/c1-16(4-5-17(2)15-23)6-7-18-8-9-19(14-20-18)22-12-10-21(3)11-13-22/h4-5,8-9,14,23H,1-2,6-7,10-13,15H2,3H3/b5-4-. The first kappa shape index (κ1) is 17.4. The zero-order chi connectivity index (χ0) is 16.7. The lowest BCUT2D eigenvalue weighted by atomic mass is 10.1. The smallest absolute Gasteiger partial charge is 0.0676 e. The summed E-state index contributed by atoms with van der Waals surface area (Å²) in [7, 11) is 2.16. The highest BCUT2D eigenvalue weighted by Crippen LogP contribution is 2.16. The number of aromatic nitrogens is 1. The summed E-state index contributed by atoms with van der Waals surface area (Å²) in [6, 6.07) is 4.27. The fourth-order valence-electron chi connectivity index (χ4n) is 2.48. The van der Waals surface area contributed by atoms with Crippen molar-refractivity contribution >= 4 is 5.69 Å². The summed E-state index contributed by atoms with van der Waals surface area (Å²) in [5.74, 6) is 0. The molecule has 1 aliphatic heterocycles. The van der Waals surface area contributed by atoms with Gasteiger partial charge in [-0.15, -0.1) is 0 Å². The molecule has 0 amide bonds. The Morgan fingerprint density at radius 2 is 1.87 bits per heavy atom. The van der Waals surface area contributed by atoms with E-state index in [1.165, 1.54) is 5.69 Å². The van der Waals surface area contributed by atoms with Gasteiger partial charge in [-0.3, -0.25) is 4.98 Å². The lowest BCUT2D eigenvalue weighted by molar-refractivity contribution is 0.313. The lowest BCUT2D eigenvalue weighted by Crippen LogP contribution is -2.44. The van der Waals surface area contributed by atoms with E-state index in [4.69, 9.17) is 5.11 Å². The maximum Gasteiger partial charge on any atom is 0.0676 e. The third-order valence-electron chi connectivity index (χ3n) is 4.14. The summed E-state index contributed by atoms with van der Waals surface area (Å²) < 4.78 is 0. The van der Waals surface area contributed by atoms with E-state index in [0.717, 1.165) is 50.3 Å². The van der Waals surface area contributed by atoms with E-state index in [-0.39, 0.29) is 6.61 Å². The Hall–Kier alpha value is -1.91. The molecule has 1 aromatic rings. The molecule has 0 atom stereocenters. The van der Waals surface area contributed by atoms with E-state index in [0.29, 0.717) is 5.57 Å². The van der Waals surface area contributed by atoms with Crippen molar-refractivity contribution in [2.45, 2.75) is 12.8 Å². The normalized spacial score (nSPS) is 16.0. The number of likely N-dealkylation sites (N-methyl/N-ethyl adjacent to an activating group) is 1. The molecule has 2 rings (SSSR count). The number of pyridine rings is 1. The van der Waals surface area contributed by atoms with Crippen molar-refractivity contribution < 1.29 is 5.11 Å². The average Bonchev–Trinajstić information content (AvgIpc) is 2.59. The van der Waals surface area contributed by atoms with Gasteiger partial charge in [-0.2, -0.15) is 0 Å². The Balaban J connectivity index is 1.82. The molecule has 1 aromatic heterocycles. The molecule has 0 spiro atoms. The van der Waals surface area contributed by atoms with Crippen molar-refractivity contribution in [3.63, 3.8) is 0 Å². The average molecular weight is 313 g/mol. The second-order valence-electron chi connectivity index (χ2n) is 6.11. The molecule has 1 N–H and O–H groups in total. The summed E-state index contributed by atoms with van der Waals surface area (Å²) in [5.41, 5.74) is 4.00. The van der Waals surface area contributed by atoms with Crippen LogP contribution in [0, 0.1) is 0 Å². The molecule has 0 bridgehead atoms. The zero-order valence-corrected chi connectivity index (χ0v) is 14.0. The summed E-state index contributed by atoms with van der Waals surface area (Å²) in [4.78, 5) is 9.32. The Morgan fingerprint density at radius 1 is 1.17 bits per heavy atom. The SMILES string of the molecule is C=C(/C=C\C(=C)CCc1ccc(N2CCN(C)CC2)cn1)CO. The number of aliphatic hydroxyl groups excluding tert-OH is 1. The Morgan fingerprint density at radius 3 is 2.48 bits per heavy atom. The molecule has 1 aliphatic rings. The predicted octanol–water partition coefficient (Wildman–Crippen LogP) is 2.43. The van der Waals surface area contributed by atoms with E-state index in [9.17, 15) is 0 Å². The number of hydrogen-bond acceptors (Lipinski definition) is 4. The minimum atomic E-state index is -0.0148. The number of aliphatic hydroxyl groups is 1. The first-order valence-electron chi connectivity index (χ1n) is 8.11. The van der Waals surface area contributed by atoms with Gasteiger partial charge in [0.05, 0.1) is 18.5 Å². The van der Waals surface area contributed by atoms with Crippen molar-refractivity contribution in [3.05, 3.63) is 60.5 Å². The number of anilines is 1. The highest BCUT2D eigenvalue weighted by molar-refractivity contribution is 5.45. The van der Waals surface area contributed by atoms with Crippen LogP contribution in [-0.4, -0.2) is 54.8 Å². The molecule has 4 heteroatoms. The molecular formula is C19H27N3O. The predicted molar refractivity (Wildman–Crippen MR) is 96.8 cm³/mol. The van der Waals surface area contributed by atoms with Crippen LogP contribution in [0.3, 0.4) is 0 Å². The van der Waals surface area contributed by atoms with Crippen molar-refractivity contribution in [3.8, 4) is 0 Å². The second-order valence-corrected chi connectivity index (χ2v) is 6.11. The number of hydrogen-bond donors (Lipinski definition) is 1. The quantitative estimate of drug-likeness (QED) is 0.785. The van der Waals surface area contributed by atoms with Crippen LogP contribution in [0.2, 0.25) is 0 Å². The molecule has 4 nitrogen and oxygen atoms in total. The van der Waals surface area contributed by atoms with Gasteiger partial charge in [0.15, 0.2) is 0 Å². The Kier molecular flexibility index (Phi) is 6.56. The fraction of sp³-hybridized carbons (Fsp3) is 0.421. The fourth-order valence-corrected chi connectivity index (χ4v) is 2.48. The molecule has 1 saturated heterocycles. The highest BCUT2D eigenvalue weighted by Gasteiger charge is 2.14. The van der Waals surface area contributed by atoms with Gasteiger partial charge in [-0.05, 0) is 37.6 Å². The van der Waals surface area contributed by atoms with Crippen LogP contribution in [0.15, 0.2) is 54.8 Å². The van der Waals surface area contributed by atoms with Gasteiger partial charge in [0.2, 0.25) is 0 Å². The number of rotatable bonds is 7. The molecule has 0 aromatic carbocycles. The first-order valence-corrected chi connectivity index (χ1v) is 8.11. The van der Waals surface area contributed by atoms with Gasteiger partial charge in [-0.1, -0.05) is 30.9 Å². The van der Waals surface area contributed by atoms with Gasteiger partial charge in [0, 0.05) is 31.9 Å². The Bertz CT molecular complexity index is 554. The van der Waals surface area contributed by atoms with Crippen molar-refractivity contribution in [1.29, 1.82) is 0 Å². The lowest BCUT2D eigenvalue weighted by Gasteiger charge is -2.33. The summed E-state index contributed by atoms with van der Waals surface area (Å²) in [5, 5.41) is 8.91. The highest BCUT2D eigenvalue weighted by atomic mass is 16.3.